The number of hydrogen-bond acceptors (Lipinski definition) is 3. The Morgan fingerprint density at radius 1 is 1.57 bits per heavy atom. The summed E-state index contributed by atoms with van der Waals surface area (Å²) in [5, 5.41) is 0. The minimum atomic E-state index is 0.593. The van der Waals surface area contributed by atoms with Gasteiger partial charge in [0.1, 0.15) is 10.4 Å². The van der Waals surface area contributed by atoms with Crippen molar-refractivity contribution >= 4 is 33.5 Å². The first-order valence-electron chi connectivity index (χ1n) is 4.74. The van der Waals surface area contributed by atoms with Crippen LogP contribution in [0.1, 0.15) is 6.92 Å². The van der Waals surface area contributed by atoms with Crippen molar-refractivity contribution in [3.63, 3.8) is 0 Å². The number of hydrogen-bond donors (Lipinski definition) is 0. The molecule has 2 nitrogen and oxygen atoms in total. The number of pyridine rings is 1. The van der Waals surface area contributed by atoms with Gasteiger partial charge in [0.15, 0.2) is 0 Å². The number of aromatic nitrogens is 1. The third kappa shape index (κ3) is 2.23. The van der Waals surface area contributed by atoms with Gasteiger partial charge in [-0.3, -0.25) is 0 Å². The lowest BCUT2D eigenvalue weighted by atomic mass is 10.3. The molecule has 4 heteroatoms. The zero-order chi connectivity index (χ0) is 9.97. The van der Waals surface area contributed by atoms with Gasteiger partial charge in [-0.15, -0.1) is 0 Å². The quantitative estimate of drug-likeness (QED) is 0.732. The summed E-state index contributed by atoms with van der Waals surface area (Å²) >= 11 is 5.43. The molecular weight excluding hydrogens is 260 g/mol. The molecule has 0 radical (unpaired) electrons. The van der Waals surface area contributed by atoms with Gasteiger partial charge in [-0.2, -0.15) is 11.8 Å². The summed E-state index contributed by atoms with van der Waals surface area (Å²) in [7, 11) is 0. The standard InChI is InChI=1S/C10H13BrN2S/c1-8-7-14-6-5-13(8)10-4-2-3-9(11)12-10/h2-4,8H,5-7H2,1H3. The van der Waals surface area contributed by atoms with Crippen molar-refractivity contribution in [1.29, 1.82) is 0 Å². The lowest BCUT2D eigenvalue weighted by Gasteiger charge is -2.34. The van der Waals surface area contributed by atoms with Crippen LogP contribution in [0.3, 0.4) is 0 Å². The molecule has 0 aliphatic carbocycles. The molecule has 1 fully saturated rings. The van der Waals surface area contributed by atoms with Crippen LogP contribution < -0.4 is 4.90 Å². The van der Waals surface area contributed by atoms with Crippen molar-refractivity contribution in [2.45, 2.75) is 13.0 Å². The minimum absolute atomic E-state index is 0.593. The zero-order valence-electron chi connectivity index (χ0n) is 8.11. The van der Waals surface area contributed by atoms with Crippen LogP contribution in [0.2, 0.25) is 0 Å². The predicted octanol–water partition coefficient (Wildman–Crippen LogP) is 2.79. The molecule has 76 valence electrons. The Kier molecular flexibility index (Phi) is 3.34. The second kappa shape index (κ2) is 4.53. The highest BCUT2D eigenvalue weighted by Gasteiger charge is 2.19. The molecule has 2 rings (SSSR count). The molecule has 0 bridgehead atoms. The van der Waals surface area contributed by atoms with E-state index in [2.05, 4.69) is 38.8 Å². The van der Waals surface area contributed by atoms with Gasteiger partial charge in [0, 0.05) is 24.1 Å². The third-order valence-corrected chi connectivity index (χ3v) is 3.99. The summed E-state index contributed by atoms with van der Waals surface area (Å²) in [6.45, 7) is 3.37. The molecule has 14 heavy (non-hydrogen) atoms. The van der Waals surface area contributed by atoms with E-state index in [1.807, 2.05) is 23.9 Å². The largest absolute Gasteiger partial charge is 0.352 e. The predicted molar refractivity (Wildman–Crippen MR) is 66.1 cm³/mol. The molecule has 1 aliphatic heterocycles. The first kappa shape index (κ1) is 10.3. The first-order chi connectivity index (χ1) is 6.77. The molecule has 0 spiro atoms. The zero-order valence-corrected chi connectivity index (χ0v) is 10.5. The number of nitrogens with zero attached hydrogens (tertiary/aromatic N) is 2. The molecule has 0 amide bonds. The summed E-state index contributed by atoms with van der Waals surface area (Å²) in [6, 6.07) is 6.68. The van der Waals surface area contributed by atoms with E-state index in [0.29, 0.717) is 6.04 Å². The number of rotatable bonds is 1. The van der Waals surface area contributed by atoms with Crippen LogP contribution in [-0.2, 0) is 0 Å². The van der Waals surface area contributed by atoms with E-state index in [1.165, 1.54) is 11.5 Å². The first-order valence-corrected chi connectivity index (χ1v) is 6.69. The molecule has 1 aromatic rings. The lowest BCUT2D eigenvalue weighted by Crippen LogP contribution is -2.40. The van der Waals surface area contributed by atoms with E-state index in [-0.39, 0.29) is 0 Å². The van der Waals surface area contributed by atoms with E-state index in [4.69, 9.17) is 0 Å². The maximum absolute atomic E-state index is 4.48. The fraction of sp³-hybridized carbons (Fsp3) is 0.500. The number of halogens is 1. The average molecular weight is 273 g/mol. The number of thioether (sulfide) groups is 1. The van der Waals surface area contributed by atoms with Crippen LogP contribution in [0, 0.1) is 0 Å². The van der Waals surface area contributed by atoms with Gasteiger partial charge in [-0.05, 0) is 35.0 Å². The van der Waals surface area contributed by atoms with Gasteiger partial charge in [0.2, 0.25) is 0 Å². The summed E-state index contributed by atoms with van der Waals surface area (Å²) in [5.41, 5.74) is 0. The van der Waals surface area contributed by atoms with Gasteiger partial charge in [-0.1, -0.05) is 6.07 Å². The molecule has 1 unspecified atom stereocenters. The van der Waals surface area contributed by atoms with E-state index in [9.17, 15) is 0 Å². The maximum Gasteiger partial charge on any atom is 0.130 e. The smallest absolute Gasteiger partial charge is 0.130 e. The van der Waals surface area contributed by atoms with Crippen LogP contribution in [0.25, 0.3) is 0 Å². The molecule has 0 aromatic carbocycles. The van der Waals surface area contributed by atoms with Gasteiger partial charge in [0.25, 0.3) is 0 Å². The van der Waals surface area contributed by atoms with Crippen LogP contribution in [0.4, 0.5) is 5.82 Å². The van der Waals surface area contributed by atoms with Gasteiger partial charge in [0.05, 0.1) is 0 Å². The minimum Gasteiger partial charge on any atom is -0.352 e. The fourth-order valence-corrected chi connectivity index (χ4v) is 2.97. The molecule has 1 saturated heterocycles. The van der Waals surface area contributed by atoms with Gasteiger partial charge >= 0.3 is 0 Å². The Balaban J connectivity index is 2.20. The van der Waals surface area contributed by atoms with Crippen molar-refractivity contribution in [1.82, 2.24) is 4.98 Å². The van der Waals surface area contributed by atoms with E-state index < -0.39 is 0 Å². The Morgan fingerprint density at radius 2 is 2.43 bits per heavy atom. The third-order valence-electron chi connectivity index (χ3n) is 2.36. The highest BCUT2D eigenvalue weighted by Crippen LogP contribution is 2.23. The Bertz CT molecular complexity index is 319. The Morgan fingerprint density at radius 3 is 3.14 bits per heavy atom. The Labute approximate surface area is 97.2 Å². The number of anilines is 1. The average Bonchev–Trinajstić information content (AvgIpc) is 2.18. The monoisotopic (exact) mass is 272 g/mol. The van der Waals surface area contributed by atoms with E-state index >= 15 is 0 Å². The topological polar surface area (TPSA) is 16.1 Å². The second-order valence-corrected chi connectivity index (χ2v) is 5.40. The van der Waals surface area contributed by atoms with Gasteiger partial charge in [-0.25, -0.2) is 4.98 Å². The van der Waals surface area contributed by atoms with Crippen LogP contribution >= 0.6 is 27.7 Å². The van der Waals surface area contributed by atoms with Crippen molar-refractivity contribution in [3.05, 3.63) is 22.8 Å². The van der Waals surface area contributed by atoms with Crippen molar-refractivity contribution < 1.29 is 0 Å². The normalized spacial score (nSPS) is 22.4. The second-order valence-electron chi connectivity index (χ2n) is 3.44. The molecule has 2 heterocycles. The summed E-state index contributed by atoms with van der Waals surface area (Å²) in [4.78, 5) is 6.86. The van der Waals surface area contributed by atoms with E-state index in [0.717, 1.165) is 17.0 Å². The van der Waals surface area contributed by atoms with Crippen molar-refractivity contribution in [2.75, 3.05) is 23.0 Å². The van der Waals surface area contributed by atoms with Crippen LogP contribution in [-0.4, -0.2) is 29.1 Å². The maximum atomic E-state index is 4.48. The lowest BCUT2D eigenvalue weighted by molar-refractivity contribution is 0.689. The van der Waals surface area contributed by atoms with Crippen LogP contribution in [0.15, 0.2) is 22.8 Å². The summed E-state index contributed by atoms with van der Waals surface area (Å²) in [5.74, 6) is 3.50. The van der Waals surface area contributed by atoms with Crippen molar-refractivity contribution in [2.24, 2.45) is 0 Å². The summed E-state index contributed by atoms with van der Waals surface area (Å²) < 4.78 is 0.917. The molecule has 1 aliphatic rings. The van der Waals surface area contributed by atoms with E-state index in [1.54, 1.807) is 0 Å². The van der Waals surface area contributed by atoms with Crippen molar-refractivity contribution in [3.8, 4) is 0 Å². The van der Waals surface area contributed by atoms with Gasteiger partial charge < -0.3 is 4.90 Å². The highest BCUT2D eigenvalue weighted by atomic mass is 79.9. The molecule has 1 atom stereocenters. The molecule has 1 aromatic heterocycles. The molecule has 0 N–H and O–H groups in total. The van der Waals surface area contributed by atoms with Crippen LogP contribution in [0.5, 0.6) is 0 Å². The SMILES string of the molecule is CC1CSCCN1c1cccc(Br)n1. The highest BCUT2D eigenvalue weighted by molar-refractivity contribution is 9.10. The fourth-order valence-electron chi connectivity index (χ4n) is 1.63. The molecule has 0 saturated carbocycles. The summed E-state index contributed by atoms with van der Waals surface area (Å²) in [6.07, 6.45) is 0. The Hall–Kier alpha value is -0.220. The molecular formula is C10H13BrN2S.